The molecular formula is C20H21ClF4N4O5. The molecule has 1 aliphatic heterocycles. The second-order valence-corrected chi connectivity index (χ2v) is 8.36. The number of halogens is 5. The fourth-order valence-electron chi connectivity index (χ4n) is 3.94. The van der Waals surface area contributed by atoms with Crippen LogP contribution in [0.1, 0.15) is 31.2 Å². The molecule has 2 aliphatic rings. The van der Waals surface area contributed by atoms with Gasteiger partial charge in [-0.05, 0) is 43.4 Å². The molecule has 9 nitrogen and oxygen atoms in total. The van der Waals surface area contributed by atoms with Crippen LogP contribution in [-0.4, -0.2) is 64.7 Å². The summed E-state index contributed by atoms with van der Waals surface area (Å²) >= 11 is 5.11. The van der Waals surface area contributed by atoms with Crippen LogP contribution in [-0.2, 0) is 24.6 Å². The Morgan fingerprint density at radius 3 is 2.35 bits per heavy atom. The first-order chi connectivity index (χ1) is 15.8. The van der Waals surface area contributed by atoms with E-state index in [-0.39, 0.29) is 13.0 Å². The zero-order valence-corrected chi connectivity index (χ0v) is 18.4. The molecule has 1 saturated carbocycles. The number of nitrogens with zero attached hydrogens (tertiary/aromatic N) is 2. The zero-order valence-electron chi connectivity index (χ0n) is 17.6. The SMILES string of the molecule is NC(=O)CN(NC(=O)[C@@H]1CCCN1C(=O)C1(c2ccc(OC(F)(F)F)cc2)CC1)C(=O)C(F)Cl. The predicted octanol–water partition coefficient (Wildman–Crippen LogP) is 1.49. The number of nitrogens with one attached hydrogen (secondary N) is 1. The van der Waals surface area contributed by atoms with Crippen molar-refractivity contribution in [3.05, 3.63) is 29.8 Å². The van der Waals surface area contributed by atoms with Gasteiger partial charge in [0.2, 0.25) is 11.8 Å². The number of carbonyl (C=O) groups excluding carboxylic acids is 4. The Balaban J connectivity index is 1.73. The number of hydrogen-bond acceptors (Lipinski definition) is 5. The second kappa shape index (κ2) is 9.65. The van der Waals surface area contributed by atoms with E-state index in [1.54, 1.807) is 0 Å². The van der Waals surface area contributed by atoms with Gasteiger partial charge >= 0.3 is 6.36 Å². The van der Waals surface area contributed by atoms with Gasteiger partial charge in [0.25, 0.3) is 17.4 Å². The minimum atomic E-state index is -4.85. The van der Waals surface area contributed by atoms with E-state index in [2.05, 4.69) is 10.2 Å². The second-order valence-electron chi connectivity index (χ2n) is 7.98. The van der Waals surface area contributed by atoms with Crippen LogP contribution < -0.4 is 15.9 Å². The maximum Gasteiger partial charge on any atom is 0.573 e. The van der Waals surface area contributed by atoms with Crippen LogP contribution in [0, 0.1) is 0 Å². The summed E-state index contributed by atoms with van der Waals surface area (Å²) in [6.07, 6.45) is -3.29. The van der Waals surface area contributed by atoms with Crippen molar-refractivity contribution in [1.82, 2.24) is 15.3 Å². The summed E-state index contributed by atoms with van der Waals surface area (Å²) in [5, 5.41) is 0.357. The Bertz CT molecular complexity index is 969. The van der Waals surface area contributed by atoms with Gasteiger partial charge in [0.15, 0.2) is 0 Å². The van der Waals surface area contributed by atoms with E-state index >= 15 is 0 Å². The van der Waals surface area contributed by atoms with Crippen LogP contribution in [0.3, 0.4) is 0 Å². The molecule has 1 aromatic rings. The summed E-state index contributed by atoms with van der Waals surface area (Å²) in [7, 11) is 0. The monoisotopic (exact) mass is 508 g/mol. The molecule has 1 aromatic carbocycles. The van der Waals surface area contributed by atoms with Gasteiger partial charge in [-0.3, -0.25) is 24.6 Å². The van der Waals surface area contributed by atoms with Gasteiger partial charge in [-0.2, -0.15) is 0 Å². The number of likely N-dealkylation sites (tertiary alicyclic amines) is 1. The standard InChI is InChI=1S/C20H21ClF4N4O5/c21-15(22)17(32)29(10-14(26)30)27-16(31)13-2-1-9-28(13)18(33)19(7-8-19)11-3-5-12(6-4-11)34-20(23,24)25/h3-6,13,15H,1-2,7-10H2,(H2,26,30)(H,27,31)/t13-,15?/m0/s1. The highest BCUT2D eigenvalue weighted by atomic mass is 35.5. The van der Waals surface area contributed by atoms with Gasteiger partial charge in [0, 0.05) is 6.54 Å². The lowest BCUT2D eigenvalue weighted by atomic mass is 9.94. The summed E-state index contributed by atoms with van der Waals surface area (Å²) < 4.78 is 54.3. The lowest BCUT2D eigenvalue weighted by Gasteiger charge is -2.30. The third-order valence-corrected chi connectivity index (χ3v) is 5.81. The third-order valence-electron chi connectivity index (χ3n) is 5.63. The van der Waals surface area contributed by atoms with Crippen molar-refractivity contribution >= 4 is 35.2 Å². The summed E-state index contributed by atoms with van der Waals surface area (Å²) in [5.74, 6) is -4.09. The van der Waals surface area contributed by atoms with Crippen LogP contribution in [0.25, 0.3) is 0 Å². The van der Waals surface area contributed by atoms with Crippen LogP contribution >= 0.6 is 11.6 Å². The molecule has 2 atom stereocenters. The summed E-state index contributed by atoms with van der Waals surface area (Å²) in [5.41, 5.74) is 4.08. The molecule has 3 rings (SSSR count). The van der Waals surface area contributed by atoms with Crippen LogP contribution in [0.5, 0.6) is 5.75 Å². The molecule has 1 saturated heterocycles. The van der Waals surface area contributed by atoms with E-state index < -0.39 is 59.4 Å². The van der Waals surface area contributed by atoms with E-state index in [0.717, 1.165) is 12.1 Å². The summed E-state index contributed by atoms with van der Waals surface area (Å²) in [4.78, 5) is 50.5. The Hall–Kier alpha value is -3.09. The van der Waals surface area contributed by atoms with Gasteiger partial charge in [-0.25, -0.2) is 9.40 Å². The van der Waals surface area contributed by atoms with Crippen LogP contribution in [0.2, 0.25) is 0 Å². The topological polar surface area (TPSA) is 122 Å². The molecule has 1 heterocycles. The van der Waals surface area contributed by atoms with Crippen molar-refractivity contribution in [3.8, 4) is 5.75 Å². The molecule has 4 amide bonds. The Morgan fingerprint density at radius 1 is 1.24 bits per heavy atom. The Labute approximate surface area is 196 Å². The van der Waals surface area contributed by atoms with Crippen molar-refractivity contribution in [3.63, 3.8) is 0 Å². The highest BCUT2D eigenvalue weighted by Crippen LogP contribution is 2.50. The van der Waals surface area contributed by atoms with Gasteiger partial charge in [0.05, 0.1) is 5.41 Å². The van der Waals surface area contributed by atoms with Crippen molar-refractivity contribution < 1.29 is 41.5 Å². The number of hydrazine groups is 1. The minimum absolute atomic E-state index is 0.221. The molecular weight excluding hydrogens is 488 g/mol. The molecule has 1 aliphatic carbocycles. The quantitative estimate of drug-likeness (QED) is 0.328. The number of alkyl halides is 5. The Morgan fingerprint density at radius 2 is 1.85 bits per heavy atom. The largest absolute Gasteiger partial charge is 0.573 e. The van der Waals surface area contributed by atoms with Gasteiger partial charge in [-0.15, -0.1) is 13.2 Å². The van der Waals surface area contributed by atoms with Crippen molar-refractivity contribution in [2.45, 2.75) is 49.1 Å². The van der Waals surface area contributed by atoms with E-state index in [9.17, 15) is 36.7 Å². The number of hydrogen-bond donors (Lipinski definition) is 2. The fourth-order valence-corrected chi connectivity index (χ4v) is 4.06. The predicted molar refractivity (Wildman–Crippen MR) is 109 cm³/mol. The molecule has 14 heteroatoms. The Kier molecular flexibility index (Phi) is 7.24. The average molecular weight is 509 g/mol. The molecule has 0 spiro atoms. The maximum absolute atomic E-state index is 13.4. The number of ether oxygens (including phenoxy) is 1. The van der Waals surface area contributed by atoms with E-state index in [1.165, 1.54) is 17.0 Å². The van der Waals surface area contributed by atoms with E-state index in [4.69, 9.17) is 17.3 Å². The van der Waals surface area contributed by atoms with Gasteiger partial charge < -0.3 is 15.4 Å². The molecule has 186 valence electrons. The normalized spacial score (nSPS) is 19.8. The van der Waals surface area contributed by atoms with Crippen molar-refractivity contribution in [2.75, 3.05) is 13.1 Å². The van der Waals surface area contributed by atoms with Crippen molar-refractivity contribution in [2.24, 2.45) is 5.73 Å². The molecule has 34 heavy (non-hydrogen) atoms. The number of nitrogens with two attached hydrogens (primary N) is 1. The molecule has 0 aromatic heterocycles. The molecule has 0 radical (unpaired) electrons. The van der Waals surface area contributed by atoms with Crippen LogP contribution in [0.4, 0.5) is 17.6 Å². The summed E-state index contributed by atoms with van der Waals surface area (Å²) in [6.45, 7) is -0.604. The van der Waals surface area contributed by atoms with E-state index in [0.29, 0.717) is 29.8 Å². The molecule has 2 fully saturated rings. The number of amides is 4. The van der Waals surface area contributed by atoms with Crippen LogP contribution in [0.15, 0.2) is 24.3 Å². The lowest BCUT2D eigenvalue weighted by Crippen LogP contribution is -2.57. The molecule has 1 unspecified atom stereocenters. The number of rotatable bonds is 7. The highest BCUT2D eigenvalue weighted by Gasteiger charge is 2.55. The first-order valence-electron chi connectivity index (χ1n) is 10.2. The molecule has 3 N–H and O–H groups in total. The van der Waals surface area contributed by atoms with Gasteiger partial charge in [0.1, 0.15) is 18.3 Å². The summed E-state index contributed by atoms with van der Waals surface area (Å²) in [6, 6.07) is 3.93. The number of primary amides is 1. The van der Waals surface area contributed by atoms with Crippen molar-refractivity contribution in [1.29, 1.82) is 0 Å². The first kappa shape index (κ1) is 25.5. The number of benzene rings is 1. The fraction of sp³-hybridized carbons (Fsp3) is 0.500. The zero-order chi connectivity index (χ0) is 25.3. The smallest absolute Gasteiger partial charge is 0.406 e. The minimum Gasteiger partial charge on any atom is -0.406 e. The first-order valence-corrected chi connectivity index (χ1v) is 10.6. The third kappa shape index (κ3) is 5.69. The highest BCUT2D eigenvalue weighted by molar-refractivity contribution is 6.29. The van der Waals surface area contributed by atoms with E-state index in [1.807, 2.05) is 0 Å². The molecule has 0 bridgehead atoms. The average Bonchev–Trinajstić information content (AvgIpc) is 3.40. The lowest BCUT2D eigenvalue weighted by molar-refractivity contribution is -0.274. The maximum atomic E-state index is 13.4. The number of carbonyl (C=O) groups is 4. The van der Waals surface area contributed by atoms with Gasteiger partial charge in [-0.1, -0.05) is 23.7 Å².